The lowest BCUT2D eigenvalue weighted by Gasteiger charge is -2.07. The van der Waals surface area contributed by atoms with E-state index >= 15 is 0 Å². The molecule has 1 atom stereocenters. The van der Waals surface area contributed by atoms with Crippen LogP contribution in [-0.2, 0) is 10.5 Å². The third kappa shape index (κ3) is 5.59. The maximum Gasteiger partial charge on any atom is 0.328 e. The Morgan fingerprint density at radius 2 is 2.06 bits per heavy atom. The summed E-state index contributed by atoms with van der Waals surface area (Å²) in [5, 5.41) is 9.19. The molecule has 0 bridgehead atoms. The van der Waals surface area contributed by atoms with Crippen LogP contribution in [0.3, 0.4) is 0 Å². The van der Waals surface area contributed by atoms with Gasteiger partial charge < -0.3 is 5.11 Å². The van der Waals surface area contributed by atoms with Crippen molar-refractivity contribution in [3.8, 4) is 0 Å². The quantitative estimate of drug-likeness (QED) is 0.780. The molecule has 0 saturated heterocycles. The molecule has 1 unspecified atom stereocenters. The molecule has 0 heterocycles. The van der Waals surface area contributed by atoms with Gasteiger partial charge in [-0.15, -0.1) is 0 Å². The normalized spacial score (nSPS) is 12.8. The molecule has 0 saturated carbocycles. The third-order valence-electron chi connectivity index (χ3n) is 2.51. The first-order valence-electron chi connectivity index (χ1n) is 5.73. The molecule has 92 valence electrons. The van der Waals surface area contributed by atoms with Crippen LogP contribution in [0.2, 0.25) is 0 Å². The van der Waals surface area contributed by atoms with Crippen molar-refractivity contribution < 1.29 is 9.90 Å². The molecule has 1 aromatic rings. The monoisotopic (exact) mass is 250 g/mol. The average Bonchev–Trinajstić information content (AvgIpc) is 2.34. The number of carbonyl (C=O) groups is 1. The fourth-order valence-corrected chi connectivity index (χ4v) is 2.15. The van der Waals surface area contributed by atoms with Gasteiger partial charge in [0.1, 0.15) is 0 Å². The lowest BCUT2D eigenvalue weighted by molar-refractivity contribution is -0.131. The standard InChI is InChI=1S/C14H18O2S/c1-3-11(2)17-10-13-6-4-12(5-7-13)8-9-14(15)16/h4-9,11H,3,10H2,1-2H3,(H,15,16). The van der Waals surface area contributed by atoms with E-state index in [0.717, 1.165) is 17.4 Å². The van der Waals surface area contributed by atoms with Crippen LogP contribution >= 0.6 is 11.8 Å². The van der Waals surface area contributed by atoms with Crippen molar-refractivity contribution >= 4 is 23.8 Å². The number of hydrogen-bond donors (Lipinski definition) is 1. The molecular weight excluding hydrogens is 232 g/mol. The minimum absolute atomic E-state index is 0.682. The number of benzene rings is 1. The summed E-state index contributed by atoms with van der Waals surface area (Å²) < 4.78 is 0. The van der Waals surface area contributed by atoms with Crippen molar-refractivity contribution in [3.05, 3.63) is 41.5 Å². The predicted molar refractivity (Wildman–Crippen MR) is 74.2 cm³/mol. The molecule has 0 aliphatic rings. The Labute approximate surface area is 107 Å². The van der Waals surface area contributed by atoms with E-state index in [0.29, 0.717) is 5.25 Å². The molecule has 0 spiro atoms. The van der Waals surface area contributed by atoms with Crippen LogP contribution in [0, 0.1) is 0 Å². The maximum absolute atomic E-state index is 10.4. The lowest BCUT2D eigenvalue weighted by Crippen LogP contribution is -1.93. The molecule has 17 heavy (non-hydrogen) atoms. The topological polar surface area (TPSA) is 37.3 Å². The SMILES string of the molecule is CCC(C)SCc1ccc(C=CC(=O)O)cc1. The van der Waals surface area contributed by atoms with E-state index in [2.05, 4.69) is 26.0 Å². The Balaban J connectivity index is 2.53. The van der Waals surface area contributed by atoms with Gasteiger partial charge in [0, 0.05) is 17.1 Å². The van der Waals surface area contributed by atoms with Crippen LogP contribution in [0.4, 0.5) is 0 Å². The maximum atomic E-state index is 10.4. The molecule has 0 radical (unpaired) electrons. The second-order valence-corrected chi connectivity index (χ2v) is 5.37. The van der Waals surface area contributed by atoms with Crippen molar-refractivity contribution in [1.82, 2.24) is 0 Å². The smallest absolute Gasteiger partial charge is 0.328 e. The average molecular weight is 250 g/mol. The van der Waals surface area contributed by atoms with E-state index < -0.39 is 5.97 Å². The van der Waals surface area contributed by atoms with E-state index in [9.17, 15) is 4.79 Å². The largest absolute Gasteiger partial charge is 0.478 e. The second kappa shape index (κ2) is 7.17. The van der Waals surface area contributed by atoms with Crippen molar-refractivity contribution in [1.29, 1.82) is 0 Å². The van der Waals surface area contributed by atoms with Gasteiger partial charge in [0.2, 0.25) is 0 Å². The lowest BCUT2D eigenvalue weighted by atomic mass is 10.1. The fourth-order valence-electron chi connectivity index (χ4n) is 1.25. The second-order valence-electron chi connectivity index (χ2n) is 3.94. The van der Waals surface area contributed by atoms with E-state index in [1.54, 1.807) is 6.08 Å². The van der Waals surface area contributed by atoms with Gasteiger partial charge in [-0.05, 0) is 23.6 Å². The third-order valence-corrected chi connectivity index (χ3v) is 3.91. The van der Waals surface area contributed by atoms with Gasteiger partial charge in [-0.3, -0.25) is 0 Å². The molecule has 0 aliphatic heterocycles. The molecule has 1 N–H and O–H groups in total. The van der Waals surface area contributed by atoms with E-state index in [4.69, 9.17) is 5.11 Å². The number of aliphatic carboxylic acids is 1. The summed E-state index contributed by atoms with van der Waals surface area (Å²) in [7, 11) is 0. The van der Waals surface area contributed by atoms with Crippen molar-refractivity contribution in [2.75, 3.05) is 0 Å². The summed E-state index contributed by atoms with van der Waals surface area (Å²) in [6, 6.07) is 8.01. The van der Waals surface area contributed by atoms with Gasteiger partial charge in [-0.2, -0.15) is 11.8 Å². The number of hydrogen-bond acceptors (Lipinski definition) is 2. The summed E-state index contributed by atoms with van der Waals surface area (Å²) in [6.07, 6.45) is 3.95. The zero-order valence-electron chi connectivity index (χ0n) is 10.2. The van der Waals surface area contributed by atoms with Gasteiger partial charge in [0.15, 0.2) is 0 Å². The van der Waals surface area contributed by atoms with E-state index in [1.807, 2.05) is 23.9 Å². The molecular formula is C14H18O2S. The Bertz CT molecular complexity index is 382. The van der Waals surface area contributed by atoms with Gasteiger partial charge in [-0.1, -0.05) is 38.1 Å². The van der Waals surface area contributed by atoms with Crippen LogP contribution in [-0.4, -0.2) is 16.3 Å². The van der Waals surface area contributed by atoms with Crippen LogP contribution in [0.15, 0.2) is 30.3 Å². The molecule has 0 fully saturated rings. The molecule has 3 heteroatoms. The molecule has 0 amide bonds. The summed E-state index contributed by atoms with van der Waals surface area (Å²) >= 11 is 1.94. The Kier molecular flexibility index (Phi) is 5.84. The summed E-state index contributed by atoms with van der Waals surface area (Å²) in [4.78, 5) is 10.4. The molecule has 1 aromatic carbocycles. The van der Waals surface area contributed by atoms with E-state index in [-0.39, 0.29) is 0 Å². The summed E-state index contributed by atoms with van der Waals surface area (Å²) in [5.74, 6) is 0.0965. The minimum Gasteiger partial charge on any atom is -0.478 e. The Hall–Kier alpha value is -1.22. The first kappa shape index (κ1) is 13.8. The van der Waals surface area contributed by atoms with Crippen LogP contribution in [0.1, 0.15) is 31.4 Å². The summed E-state index contributed by atoms with van der Waals surface area (Å²) in [6.45, 7) is 4.42. The zero-order valence-corrected chi connectivity index (χ0v) is 11.0. The number of carboxylic acid groups (broad SMARTS) is 1. The van der Waals surface area contributed by atoms with Crippen molar-refractivity contribution in [2.24, 2.45) is 0 Å². The van der Waals surface area contributed by atoms with E-state index in [1.165, 1.54) is 12.0 Å². The Morgan fingerprint density at radius 1 is 1.41 bits per heavy atom. The summed E-state index contributed by atoms with van der Waals surface area (Å²) in [5.41, 5.74) is 2.20. The molecule has 0 aliphatic carbocycles. The minimum atomic E-state index is -0.915. The van der Waals surface area contributed by atoms with Crippen molar-refractivity contribution in [2.45, 2.75) is 31.3 Å². The van der Waals surface area contributed by atoms with Gasteiger partial charge in [-0.25, -0.2) is 4.79 Å². The van der Waals surface area contributed by atoms with Crippen LogP contribution in [0.5, 0.6) is 0 Å². The van der Waals surface area contributed by atoms with Gasteiger partial charge in [0.05, 0.1) is 0 Å². The zero-order chi connectivity index (χ0) is 12.7. The molecule has 2 nitrogen and oxygen atoms in total. The first-order valence-corrected chi connectivity index (χ1v) is 6.78. The highest BCUT2D eigenvalue weighted by Gasteiger charge is 2.00. The van der Waals surface area contributed by atoms with Crippen LogP contribution in [0.25, 0.3) is 6.08 Å². The highest BCUT2D eigenvalue weighted by atomic mass is 32.2. The highest BCUT2D eigenvalue weighted by Crippen LogP contribution is 2.20. The van der Waals surface area contributed by atoms with Gasteiger partial charge in [0.25, 0.3) is 0 Å². The highest BCUT2D eigenvalue weighted by molar-refractivity contribution is 7.99. The van der Waals surface area contributed by atoms with Gasteiger partial charge >= 0.3 is 5.97 Å². The number of carboxylic acids is 1. The fraction of sp³-hybridized carbons (Fsp3) is 0.357. The molecule has 0 aromatic heterocycles. The van der Waals surface area contributed by atoms with Crippen LogP contribution < -0.4 is 0 Å². The number of rotatable bonds is 6. The molecule has 1 rings (SSSR count). The van der Waals surface area contributed by atoms with Crippen molar-refractivity contribution in [3.63, 3.8) is 0 Å². The Morgan fingerprint density at radius 3 is 2.59 bits per heavy atom. The predicted octanol–water partition coefficient (Wildman–Crippen LogP) is 3.82. The first-order chi connectivity index (χ1) is 8.11. The number of thioether (sulfide) groups is 1.